The van der Waals surface area contributed by atoms with Crippen molar-refractivity contribution in [2.75, 3.05) is 0 Å². The molecular weight excluding hydrogens is 210 g/mol. The number of pyridine rings is 1. The van der Waals surface area contributed by atoms with Crippen molar-refractivity contribution >= 4 is 11.6 Å². The summed E-state index contributed by atoms with van der Waals surface area (Å²) >= 11 is 6.01. The van der Waals surface area contributed by atoms with Crippen molar-refractivity contribution in [2.45, 2.75) is 38.2 Å². The molecule has 1 aliphatic carbocycles. The second kappa shape index (κ2) is 4.11. The van der Waals surface area contributed by atoms with Crippen LogP contribution in [0, 0.1) is 5.92 Å². The van der Waals surface area contributed by atoms with Crippen molar-refractivity contribution in [3.63, 3.8) is 0 Å². The van der Waals surface area contributed by atoms with Crippen LogP contribution in [0.3, 0.4) is 0 Å². The number of aromatic nitrogens is 1. The average molecular weight is 226 g/mol. The lowest BCUT2D eigenvalue weighted by molar-refractivity contribution is 0.0455. The molecule has 1 saturated carbocycles. The molecule has 3 heteroatoms. The van der Waals surface area contributed by atoms with E-state index in [1.165, 1.54) is 12.8 Å². The van der Waals surface area contributed by atoms with Gasteiger partial charge in [0.25, 0.3) is 0 Å². The molecule has 2 rings (SSSR count). The summed E-state index contributed by atoms with van der Waals surface area (Å²) in [5, 5.41) is 10.9. The van der Waals surface area contributed by atoms with E-state index in [0.29, 0.717) is 11.4 Å². The highest BCUT2D eigenvalue weighted by Crippen LogP contribution is 2.38. The summed E-state index contributed by atoms with van der Waals surface area (Å²) in [7, 11) is 0. The Labute approximate surface area is 95.3 Å². The molecule has 82 valence electrons. The third-order valence-electron chi connectivity index (χ3n) is 2.85. The normalized spacial score (nSPS) is 19.9. The van der Waals surface area contributed by atoms with Crippen LogP contribution in [0.1, 0.15) is 31.7 Å². The van der Waals surface area contributed by atoms with E-state index in [-0.39, 0.29) is 0 Å². The summed E-state index contributed by atoms with van der Waals surface area (Å²) < 4.78 is 0. The Balaban J connectivity index is 2.03. The number of nitrogens with zero attached hydrogens (tertiary/aromatic N) is 1. The number of hydrogen-bond acceptors (Lipinski definition) is 2. The fourth-order valence-corrected chi connectivity index (χ4v) is 2.16. The number of rotatable bonds is 4. The highest BCUT2D eigenvalue weighted by molar-refractivity contribution is 6.31. The largest absolute Gasteiger partial charge is 0.390 e. The molecule has 15 heavy (non-hydrogen) atoms. The summed E-state index contributed by atoms with van der Waals surface area (Å²) in [6.45, 7) is 1.89. The summed E-state index contributed by atoms with van der Waals surface area (Å²) in [6.07, 6.45) is 7.37. The zero-order chi connectivity index (χ0) is 10.9. The van der Waals surface area contributed by atoms with Crippen molar-refractivity contribution < 1.29 is 5.11 Å². The minimum atomic E-state index is -0.633. The molecule has 0 saturated heterocycles. The lowest BCUT2D eigenvalue weighted by Crippen LogP contribution is -2.28. The van der Waals surface area contributed by atoms with Gasteiger partial charge in [-0.25, -0.2) is 0 Å². The Morgan fingerprint density at radius 1 is 1.60 bits per heavy atom. The van der Waals surface area contributed by atoms with Crippen LogP contribution in [0.15, 0.2) is 18.5 Å². The zero-order valence-electron chi connectivity index (χ0n) is 8.91. The van der Waals surface area contributed by atoms with Crippen molar-refractivity contribution in [3.05, 3.63) is 29.0 Å². The first-order valence-corrected chi connectivity index (χ1v) is 5.75. The first kappa shape index (κ1) is 10.9. The molecule has 2 nitrogen and oxygen atoms in total. The fraction of sp³-hybridized carbons (Fsp3) is 0.583. The van der Waals surface area contributed by atoms with Gasteiger partial charge in [-0.05, 0) is 30.9 Å². The smallest absolute Gasteiger partial charge is 0.0663 e. The van der Waals surface area contributed by atoms with Gasteiger partial charge in [0.15, 0.2) is 0 Å². The molecule has 1 fully saturated rings. The Hall–Kier alpha value is -0.600. The molecule has 0 aliphatic heterocycles. The zero-order valence-corrected chi connectivity index (χ0v) is 9.67. The van der Waals surface area contributed by atoms with Crippen LogP contribution in [-0.4, -0.2) is 15.7 Å². The van der Waals surface area contributed by atoms with Crippen LogP contribution in [-0.2, 0) is 6.42 Å². The summed E-state index contributed by atoms with van der Waals surface area (Å²) in [4.78, 5) is 3.93. The summed E-state index contributed by atoms with van der Waals surface area (Å²) in [6, 6.07) is 1.88. The third kappa shape index (κ3) is 3.18. The Kier molecular flexibility index (Phi) is 2.98. The molecule has 0 amide bonds. The van der Waals surface area contributed by atoms with E-state index >= 15 is 0 Å². The van der Waals surface area contributed by atoms with Gasteiger partial charge in [-0.1, -0.05) is 24.4 Å². The Bertz CT molecular complexity index is 347. The van der Waals surface area contributed by atoms with Crippen LogP contribution in [0.4, 0.5) is 0 Å². The van der Waals surface area contributed by atoms with Crippen molar-refractivity contribution in [2.24, 2.45) is 5.92 Å². The SMILES string of the molecule is CC(O)(Cc1ccncc1Cl)CC1CC1. The fourth-order valence-electron chi connectivity index (χ4n) is 1.97. The van der Waals surface area contributed by atoms with Gasteiger partial charge in [-0.2, -0.15) is 0 Å². The second-order valence-corrected chi connectivity index (χ2v) is 5.20. The van der Waals surface area contributed by atoms with Gasteiger partial charge in [-0.15, -0.1) is 0 Å². The van der Waals surface area contributed by atoms with E-state index in [9.17, 15) is 5.11 Å². The van der Waals surface area contributed by atoms with Gasteiger partial charge in [0.05, 0.1) is 10.6 Å². The van der Waals surface area contributed by atoms with E-state index in [4.69, 9.17) is 11.6 Å². The molecule has 0 spiro atoms. The average Bonchev–Trinajstić information content (AvgIpc) is 2.91. The molecule has 1 N–H and O–H groups in total. The molecular formula is C12H16ClNO. The molecule has 0 radical (unpaired) electrons. The van der Waals surface area contributed by atoms with Crippen LogP contribution in [0.25, 0.3) is 0 Å². The molecule has 1 unspecified atom stereocenters. The maximum atomic E-state index is 10.2. The summed E-state index contributed by atoms with van der Waals surface area (Å²) in [5.41, 5.74) is 0.351. The quantitative estimate of drug-likeness (QED) is 0.855. The van der Waals surface area contributed by atoms with Gasteiger partial charge in [0, 0.05) is 18.8 Å². The predicted octanol–water partition coefficient (Wildman–Crippen LogP) is 2.83. The lowest BCUT2D eigenvalue weighted by atomic mass is 9.91. The van der Waals surface area contributed by atoms with E-state index in [1.54, 1.807) is 12.4 Å². The van der Waals surface area contributed by atoms with Crippen LogP contribution in [0.5, 0.6) is 0 Å². The monoisotopic (exact) mass is 225 g/mol. The van der Waals surface area contributed by atoms with Crippen molar-refractivity contribution in [1.29, 1.82) is 0 Å². The third-order valence-corrected chi connectivity index (χ3v) is 3.19. The van der Waals surface area contributed by atoms with E-state index in [1.807, 2.05) is 13.0 Å². The highest BCUT2D eigenvalue weighted by atomic mass is 35.5. The molecule has 1 atom stereocenters. The van der Waals surface area contributed by atoms with E-state index in [2.05, 4.69) is 4.98 Å². The van der Waals surface area contributed by atoms with Gasteiger partial charge in [-0.3, -0.25) is 4.98 Å². The molecule has 1 heterocycles. The Morgan fingerprint density at radius 3 is 2.93 bits per heavy atom. The molecule has 1 aliphatic rings. The minimum Gasteiger partial charge on any atom is -0.390 e. The number of hydrogen-bond donors (Lipinski definition) is 1. The number of aliphatic hydroxyl groups is 1. The first-order valence-electron chi connectivity index (χ1n) is 5.38. The van der Waals surface area contributed by atoms with Gasteiger partial charge >= 0.3 is 0 Å². The summed E-state index contributed by atoms with van der Waals surface area (Å²) in [5.74, 6) is 0.723. The Morgan fingerprint density at radius 2 is 2.33 bits per heavy atom. The van der Waals surface area contributed by atoms with Crippen LogP contribution in [0.2, 0.25) is 5.02 Å². The maximum absolute atomic E-state index is 10.2. The van der Waals surface area contributed by atoms with Crippen molar-refractivity contribution in [1.82, 2.24) is 4.98 Å². The van der Waals surface area contributed by atoms with Gasteiger partial charge < -0.3 is 5.11 Å². The minimum absolute atomic E-state index is 0.616. The topological polar surface area (TPSA) is 33.1 Å². The van der Waals surface area contributed by atoms with Crippen molar-refractivity contribution in [3.8, 4) is 0 Å². The number of halogens is 1. The van der Waals surface area contributed by atoms with Crippen LogP contribution < -0.4 is 0 Å². The van der Waals surface area contributed by atoms with Gasteiger partial charge in [0.2, 0.25) is 0 Å². The standard InChI is InChI=1S/C12H16ClNO/c1-12(15,6-9-2-3-9)7-10-4-5-14-8-11(10)13/h4-5,8-9,15H,2-3,6-7H2,1H3. The molecule has 0 bridgehead atoms. The first-order chi connectivity index (χ1) is 7.07. The second-order valence-electron chi connectivity index (χ2n) is 4.79. The van der Waals surface area contributed by atoms with Crippen LogP contribution >= 0.6 is 11.6 Å². The molecule has 1 aromatic heterocycles. The van der Waals surface area contributed by atoms with Gasteiger partial charge in [0.1, 0.15) is 0 Å². The highest BCUT2D eigenvalue weighted by Gasteiger charge is 2.32. The molecule has 1 aromatic rings. The molecule has 0 aromatic carbocycles. The lowest BCUT2D eigenvalue weighted by Gasteiger charge is -2.23. The predicted molar refractivity (Wildman–Crippen MR) is 60.9 cm³/mol. The maximum Gasteiger partial charge on any atom is 0.0663 e. The van der Waals surface area contributed by atoms with E-state index < -0.39 is 5.60 Å². The van der Waals surface area contributed by atoms with E-state index in [0.717, 1.165) is 17.9 Å².